The van der Waals surface area contributed by atoms with E-state index in [1.165, 1.54) is 25.0 Å². The fraction of sp³-hybridized carbons (Fsp3) is 0.417. The van der Waals surface area contributed by atoms with Gasteiger partial charge in [-0.2, -0.15) is 4.98 Å². The average molecular weight is 248 g/mol. The SMILES string of the molecule is NC(Cc1nc(-c2ccc(F)cn2)no1)C1CC1. The molecule has 2 N–H and O–H groups in total. The van der Waals surface area contributed by atoms with Gasteiger partial charge in [-0.3, -0.25) is 0 Å². The molecule has 5 nitrogen and oxygen atoms in total. The van der Waals surface area contributed by atoms with Crippen LogP contribution in [-0.4, -0.2) is 21.2 Å². The Hall–Kier alpha value is -1.82. The lowest BCUT2D eigenvalue weighted by molar-refractivity contribution is 0.363. The molecule has 2 heterocycles. The van der Waals surface area contributed by atoms with Crippen molar-refractivity contribution < 1.29 is 8.91 Å². The topological polar surface area (TPSA) is 77.8 Å². The van der Waals surface area contributed by atoms with Crippen LogP contribution in [0.5, 0.6) is 0 Å². The third-order valence-corrected chi connectivity index (χ3v) is 3.06. The zero-order valence-corrected chi connectivity index (χ0v) is 9.71. The van der Waals surface area contributed by atoms with E-state index in [0.29, 0.717) is 29.7 Å². The molecule has 1 atom stereocenters. The maximum atomic E-state index is 12.7. The molecule has 0 aliphatic heterocycles. The maximum Gasteiger partial charge on any atom is 0.228 e. The second-order valence-electron chi connectivity index (χ2n) is 4.58. The van der Waals surface area contributed by atoms with Crippen LogP contribution < -0.4 is 5.73 Å². The number of halogens is 1. The first-order chi connectivity index (χ1) is 8.72. The highest BCUT2D eigenvalue weighted by Gasteiger charge is 2.29. The summed E-state index contributed by atoms with van der Waals surface area (Å²) in [5, 5.41) is 3.82. The summed E-state index contributed by atoms with van der Waals surface area (Å²) in [6.07, 6.45) is 4.07. The van der Waals surface area contributed by atoms with Crippen molar-refractivity contribution in [1.82, 2.24) is 15.1 Å². The molecule has 1 saturated carbocycles. The molecule has 2 aromatic heterocycles. The van der Waals surface area contributed by atoms with Gasteiger partial charge < -0.3 is 10.3 Å². The van der Waals surface area contributed by atoms with Crippen molar-refractivity contribution in [2.75, 3.05) is 0 Å². The van der Waals surface area contributed by atoms with Crippen LogP contribution in [0.1, 0.15) is 18.7 Å². The standard InChI is InChI=1S/C12H13FN4O/c13-8-3-4-10(15-6-8)12-16-11(18-17-12)5-9(14)7-1-2-7/h3-4,6-7,9H,1-2,5,14H2. The normalized spacial score (nSPS) is 16.8. The van der Waals surface area contributed by atoms with Crippen molar-refractivity contribution in [3.8, 4) is 11.5 Å². The fourth-order valence-corrected chi connectivity index (χ4v) is 1.84. The lowest BCUT2D eigenvalue weighted by Gasteiger charge is -2.04. The van der Waals surface area contributed by atoms with Gasteiger partial charge in [-0.15, -0.1) is 0 Å². The minimum Gasteiger partial charge on any atom is -0.339 e. The number of aromatic nitrogens is 3. The van der Waals surface area contributed by atoms with Crippen LogP contribution in [0.15, 0.2) is 22.9 Å². The van der Waals surface area contributed by atoms with Gasteiger partial charge in [0.1, 0.15) is 11.5 Å². The predicted molar refractivity (Wildman–Crippen MR) is 61.9 cm³/mol. The van der Waals surface area contributed by atoms with E-state index < -0.39 is 5.82 Å². The van der Waals surface area contributed by atoms with E-state index in [0.717, 1.165) is 6.20 Å². The summed E-state index contributed by atoms with van der Waals surface area (Å²) in [4.78, 5) is 8.11. The van der Waals surface area contributed by atoms with Gasteiger partial charge in [0.15, 0.2) is 0 Å². The number of hydrogen-bond donors (Lipinski definition) is 1. The van der Waals surface area contributed by atoms with E-state index in [4.69, 9.17) is 10.3 Å². The van der Waals surface area contributed by atoms with Crippen molar-refractivity contribution >= 4 is 0 Å². The summed E-state index contributed by atoms with van der Waals surface area (Å²) in [7, 11) is 0. The summed E-state index contributed by atoms with van der Waals surface area (Å²) in [6, 6.07) is 2.92. The van der Waals surface area contributed by atoms with E-state index >= 15 is 0 Å². The highest BCUT2D eigenvalue weighted by atomic mass is 19.1. The molecule has 18 heavy (non-hydrogen) atoms. The Balaban J connectivity index is 1.74. The van der Waals surface area contributed by atoms with Crippen LogP contribution in [0.3, 0.4) is 0 Å². The zero-order chi connectivity index (χ0) is 12.5. The molecule has 1 aliphatic rings. The second-order valence-corrected chi connectivity index (χ2v) is 4.58. The summed E-state index contributed by atoms with van der Waals surface area (Å²) < 4.78 is 17.9. The van der Waals surface area contributed by atoms with Crippen LogP contribution >= 0.6 is 0 Å². The van der Waals surface area contributed by atoms with Gasteiger partial charge >= 0.3 is 0 Å². The zero-order valence-electron chi connectivity index (χ0n) is 9.71. The van der Waals surface area contributed by atoms with Gasteiger partial charge in [-0.1, -0.05) is 5.16 Å². The molecule has 0 aromatic carbocycles. The third-order valence-electron chi connectivity index (χ3n) is 3.06. The van der Waals surface area contributed by atoms with Crippen LogP contribution in [0.2, 0.25) is 0 Å². The molecule has 1 unspecified atom stereocenters. The Morgan fingerprint density at radius 2 is 2.28 bits per heavy atom. The number of nitrogens with zero attached hydrogens (tertiary/aromatic N) is 3. The van der Waals surface area contributed by atoms with Crippen LogP contribution in [-0.2, 0) is 6.42 Å². The third kappa shape index (κ3) is 2.38. The molecule has 0 saturated heterocycles. The average Bonchev–Trinajstić information content (AvgIpc) is 3.12. The monoisotopic (exact) mass is 248 g/mol. The van der Waals surface area contributed by atoms with Crippen molar-refractivity contribution in [2.45, 2.75) is 25.3 Å². The van der Waals surface area contributed by atoms with Gasteiger partial charge in [-0.25, -0.2) is 9.37 Å². The molecule has 1 aliphatic carbocycles. The van der Waals surface area contributed by atoms with Gasteiger partial charge in [0.05, 0.1) is 6.20 Å². The van der Waals surface area contributed by atoms with Gasteiger partial charge in [0.25, 0.3) is 0 Å². The highest BCUT2D eigenvalue weighted by Crippen LogP contribution is 2.32. The Bertz CT molecular complexity index is 535. The molecule has 0 spiro atoms. The molecular formula is C12H13FN4O. The summed E-state index contributed by atoms with van der Waals surface area (Å²) in [5.74, 6) is 1.08. The molecule has 1 fully saturated rings. The van der Waals surface area contributed by atoms with Gasteiger partial charge in [-0.05, 0) is 30.9 Å². The minimum atomic E-state index is -0.391. The molecule has 94 valence electrons. The second kappa shape index (κ2) is 4.45. The molecule has 0 amide bonds. The molecule has 2 aromatic rings. The lowest BCUT2D eigenvalue weighted by Crippen LogP contribution is -2.25. The smallest absolute Gasteiger partial charge is 0.228 e. The quantitative estimate of drug-likeness (QED) is 0.888. The van der Waals surface area contributed by atoms with Crippen molar-refractivity contribution in [3.05, 3.63) is 30.0 Å². The van der Waals surface area contributed by atoms with Gasteiger partial charge in [0.2, 0.25) is 11.7 Å². The van der Waals surface area contributed by atoms with E-state index in [-0.39, 0.29) is 6.04 Å². The van der Waals surface area contributed by atoms with Crippen molar-refractivity contribution in [2.24, 2.45) is 11.7 Å². The molecule has 3 rings (SSSR count). The number of rotatable bonds is 4. The van der Waals surface area contributed by atoms with Crippen LogP contribution in [0.25, 0.3) is 11.5 Å². The van der Waals surface area contributed by atoms with Crippen molar-refractivity contribution in [1.29, 1.82) is 0 Å². The number of nitrogens with two attached hydrogens (primary N) is 1. The first kappa shape index (κ1) is 11.3. The Morgan fingerprint density at radius 3 is 2.94 bits per heavy atom. The predicted octanol–water partition coefficient (Wildman–Crippen LogP) is 1.55. The molecular weight excluding hydrogens is 235 g/mol. The number of hydrogen-bond acceptors (Lipinski definition) is 5. The van der Waals surface area contributed by atoms with Crippen LogP contribution in [0.4, 0.5) is 4.39 Å². The van der Waals surface area contributed by atoms with Crippen LogP contribution in [0, 0.1) is 11.7 Å². The first-order valence-corrected chi connectivity index (χ1v) is 5.92. The van der Waals surface area contributed by atoms with E-state index in [9.17, 15) is 4.39 Å². The van der Waals surface area contributed by atoms with E-state index in [1.54, 1.807) is 0 Å². The van der Waals surface area contributed by atoms with E-state index in [2.05, 4.69) is 15.1 Å². The Morgan fingerprint density at radius 1 is 1.44 bits per heavy atom. The maximum absolute atomic E-state index is 12.7. The fourth-order valence-electron chi connectivity index (χ4n) is 1.84. The summed E-state index contributed by atoms with van der Waals surface area (Å²) in [6.45, 7) is 0. The highest BCUT2D eigenvalue weighted by molar-refractivity contribution is 5.47. The summed E-state index contributed by atoms with van der Waals surface area (Å²) >= 11 is 0. The number of pyridine rings is 1. The lowest BCUT2D eigenvalue weighted by atomic mass is 10.1. The summed E-state index contributed by atoms with van der Waals surface area (Å²) in [5.41, 5.74) is 6.48. The Kier molecular flexibility index (Phi) is 2.79. The molecule has 0 bridgehead atoms. The van der Waals surface area contributed by atoms with E-state index in [1.807, 2.05) is 0 Å². The Labute approximate surface area is 103 Å². The minimum absolute atomic E-state index is 0.0828. The first-order valence-electron chi connectivity index (χ1n) is 5.92. The van der Waals surface area contributed by atoms with Crippen molar-refractivity contribution in [3.63, 3.8) is 0 Å². The molecule has 0 radical (unpaired) electrons. The largest absolute Gasteiger partial charge is 0.339 e. The molecule has 6 heteroatoms. The van der Waals surface area contributed by atoms with Gasteiger partial charge in [0, 0.05) is 12.5 Å².